The van der Waals surface area contributed by atoms with Crippen molar-refractivity contribution in [3.63, 3.8) is 0 Å². The van der Waals surface area contributed by atoms with E-state index in [-0.39, 0.29) is 6.04 Å². The second-order valence-corrected chi connectivity index (χ2v) is 4.77. The van der Waals surface area contributed by atoms with Gasteiger partial charge in [0.25, 0.3) is 9.24 Å². The Morgan fingerprint density at radius 1 is 1.36 bits per heavy atom. The molecule has 6 heteroatoms. The number of halogens is 1. The summed E-state index contributed by atoms with van der Waals surface area (Å²) in [7, 11) is 1.43. The lowest BCUT2D eigenvalue weighted by molar-refractivity contribution is 0.0833. The van der Waals surface area contributed by atoms with Crippen LogP contribution in [0.25, 0.3) is 0 Å². The molecule has 1 N–H and O–H groups in total. The SMILES string of the molecule is O=S(=O)(Cl)NC1CCOCC1. The van der Waals surface area contributed by atoms with E-state index in [0.29, 0.717) is 26.1 Å². The van der Waals surface area contributed by atoms with E-state index in [0.717, 1.165) is 0 Å². The zero-order valence-electron chi connectivity index (χ0n) is 5.92. The molecule has 0 aliphatic carbocycles. The molecule has 4 nitrogen and oxygen atoms in total. The zero-order valence-corrected chi connectivity index (χ0v) is 7.49. The Kier molecular flexibility index (Phi) is 3.12. The Morgan fingerprint density at radius 2 is 1.91 bits per heavy atom. The van der Waals surface area contributed by atoms with Gasteiger partial charge in [-0.15, -0.1) is 0 Å². The number of hydrogen-bond acceptors (Lipinski definition) is 3. The van der Waals surface area contributed by atoms with Gasteiger partial charge in [-0.25, -0.2) is 0 Å². The summed E-state index contributed by atoms with van der Waals surface area (Å²) < 4.78 is 28.4. The highest BCUT2D eigenvalue weighted by Gasteiger charge is 2.17. The fourth-order valence-electron chi connectivity index (χ4n) is 1.01. The molecule has 1 fully saturated rings. The van der Waals surface area contributed by atoms with Crippen molar-refractivity contribution in [1.82, 2.24) is 4.72 Å². The Labute approximate surface area is 70.4 Å². The molecule has 1 saturated heterocycles. The van der Waals surface area contributed by atoms with E-state index in [4.69, 9.17) is 15.4 Å². The van der Waals surface area contributed by atoms with Crippen LogP contribution in [0.1, 0.15) is 12.8 Å². The van der Waals surface area contributed by atoms with Crippen molar-refractivity contribution in [3.8, 4) is 0 Å². The third kappa shape index (κ3) is 3.91. The van der Waals surface area contributed by atoms with Gasteiger partial charge in [0.2, 0.25) is 0 Å². The molecule has 0 saturated carbocycles. The minimum atomic E-state index is -3.56. The number of hydrogen-bond donors (Lipinski definition) is 1. The van der Waals surface area contributed by atoms with Crippen molar-refractivity contribution in [2.45, 2.75) is 18.9 Å². The van der Waals surface area contributed by atoms with E-state index in [1.165, 1.54) is 0 Å². The van der Waals surface area contributed by atoms with Crippen molar-refractivity contribution < 1.29 is 13.2 Å². The van der Waals surface area contributed by atoms with Crippen LogP contribution in [0.15, 0.2) is 0 Å². The van der Waals surface area contributed by atoms with Crippen LogP contribution in [0.4, 0.5) is 0 Å². The Morgan fingerprint density at radius 3 is 2.36 bits per heavy atom. The van der Waals surface area contributed by atoms with E-state index < -0.39 is 9.24 Å². The lowest BCUT2D eigenvalue weighted by atomic mass is 10.1. The standard InChI is InChI=1S/C5H10ClNO3S/c6-11(8,9)7-5-1-3-10-4-2-5/h5,7H,1-4H2. The maximum absolute atomic E-state index is 10.5. The van der Waals surface area contributed by atoms with Gasteiger partial charge in [0.05, 0.1) is 0 Å². The first-order chi connectivity index (χ1) is 5.08. The van der Waals surface area contributed by atoms with Gasteiger partial charge in [0, 0.05) is 29.9 Å². The molecule has 1 rings (SSSR count). The van der Waals surface area contributed by atoms with E-state index >= 15 is 0 Å². The molecule has 66 valence electrons. The number of nitrogens with one attached hydrogen (secondary N) is 1. The first kappa shape index (κ1) is 9.25. The molecule has 0 aromatic rings. The summed E-state index contributed by atoms with van der Waals surface area (Å²) in [5.41, 5.74) is 0. The van der Waals surface area contributed by atoms with Crippen LogP contribution in [0.3, 0.4) is 0 Å². The third-order valence-corrected chi connectivity index (χ3v) is 2.41. The van der Waals surface area contributed by atoms with Crippen molar-refractivity contribution in [3.05, 3.63) is 0 Å². The lowest BCUT2D eigenvalue weighted by Gasteiger charge is -2.21. The fourth-order valence-corrected chi connectivity index (χ4v) is 2.03. The largest absolute Gasteiger partial charge is 0.381 e. The van der Waals surface area contributed by atoms with Crippen LogP contribution in [-0.2, 0) is 14.0 Å². The van der Waals surface area contributed by atoms with Crippen molar-refractivity contribution in [1.29, 1.82) is 0 Å². The highest BCUT2D eigenvalue weighted by Crippen LogP contribution is 2.08. The first-order valence-electron chi connectivity index (χ1n) is 3.37. The van der Waals surface area contributed by atoms with E-state index in [9.17, 15) is 8.42 Å². The van der Waals surface area contributed by atoms with Gasteiger partial charge in [0.1, 0.15) is 0 Å². The van der Waals surface area contributed by atoms with Crippen LogP contribution < -0.4 is 4.72 Å². The summed E-state index contributed by atoms with van der Waals surface area (Å²) in [6.45, 7) is 1.20. The average Bonchev–Trinajstić information content (AvgIpc) is 1.85. The van der Waals surface area contributed by atoms with Gasteiger partial charge >= 0.3 is 0 Å². The quantitative estimate of drug-likeness (QED) is 0.649. The Bertz CT molecular complexity index is 210. The minimum absolute atomic E-state index is 0.0498. The Hall–Kier alpha value is 0.160. The number of rotatable bonds is 2. The summed E-state index contributed by atoms with van der Waals surface area (Å²) in [4.78, 5) is 0. The van der Waals surface area contributed by atoms with Crippen LogP contribution in [0.2, 0.25) is 0 Å². The molecule has 1 heterocycles. The molecule has 0 aromatic heterocycles. The molecule has 0 aromatic carbocycles. The van der Waals surface area contributed by atoms with Crippen molar-refractivity contribution in [2.75, 3.05) is 13.2 Å². The topological polar surface area (TPSA) is 55.4 Å². The molecule has 0 atom stereocenters. The minimum Gasteiger partial charge on any atom is -0.381 e. The molecule has 1 aliphatic rings. The van der Waals surface area contributed by atoms with Crippen LogP contribution in [0.5, 0.6) is 0 Å². The molecular formula is C5H10ClNO3S. The monoisotopic (exact) mass is 199 g/mol. The molecule has 0 amide bonds. The molecule has 11 heavy (non-hydrogen) atoms. The van der Waals surface area contributed by atoms with Crippen LogP contribution in [-0.4, -0.2) is 27.7 Å². The summed E-state index contributed by atoms with van der Waals surface area (Å²) in [5.74, 6) is 0. The predicted molar refractivity (Wildman–Crippen MR) is 41.7 cm³/mol. The maximum atomic E-state index is 10.5. The summed E-state index contributed by atoms with van der Waals surface area (Å²) in [5, 5.41) is 0. The second kappa shape index (κ2) is 3.71. The highest BCUT2D eigenvalue weighted by molar-refractivity contribution is 8.12. The average molecular weight is 200 g/mol. The van der Waals surface area contributed by atoms with Gasteiger partial charge in [-0.05, 0) is 12.8 Å². The second-order valence-electron chi connectivity index (χ2n) is 2.44. The lowest BCUT2D eigenvalue weighted by Crippen LogP contribution is -2.36. The molecule has 0 radical (unpaired) electrons. The third-order valence-electron chi connectivity index (χ3n) is 1.53. The maximum Gasteiger partial charge on any atom is 0.297 e. The van der Waals surface area contributed by atoms with Gasteiger partial charge < -0.3 is 4.74 Å². The highest BCUT2D eigenvalue weighted by atomic mass is 35.7. The first-order valence-corrected chi connectivity index (χ1v) is 5.68. The molecular weight excluding hydrogens is 190 g/mol. The van der Waals surface area contributed by atoms with Crippen molar-refractivity contribution in [2.24, 2.45) is 0 Å². The van der Waals surface area contributed by atoms with Gasteiger partial charge in [-0.3, -0.25) is 0 Å². The van der Waals surface area contributed by atoms with Gasteiger partial charge in [0.15, 0.2) is 0 Å². The van der Waals surface area contributed by atoms with Gasteiger partial charge in [-0.1, -0.05) is 0 Å². The smallest absolute Gasteiger partial charge is 0.297 e. The number of ether oxygens (including phenoxy) is 1. The molecule has 0 bridgehead atoms. The fraction of sp³-hybridized carbons (Fsp3) is 1.00. The Balaban J connectivity index is 2.36. The van der Waals surface area contributed by atoms with E-state index in [1.54, 1.807) is 0 Å². The molecule has 1 aliphatic heterocycles. The predicted octanol–water partition coefficient (Wildman–Crippen LogP) is 0.239. The van der Waals surface area contributed by atoms with E-state index in [2.05, 4.69) is 4.72 Å². The summed E-state index contributed by atoms with van der Waals surface area (Å²) in [6.07, 6.45) is 1.40. The van der Waals surface area contributed by atoms with Crippen molar-refractivity contribution >= 4 is 19.9 Å². The molecule has 0 unspecified atom stereocenters. The zero-order chi connectivity index (χ0) is 8.32. The van der Waals surface area contributed by atoms with Gasteiger partial charge in [-0.2, -0.15) is 13.1 Å². The van der Waals surface area contributed by atoms with Crippen LogP contribution in [0, 0.1) is 0 Å². The normalized spacial score (nSPS) is 21.9. The van der Waals surface area contributed by atoms with Crippen LogP contribution >= 0.6 is 10.7 Å². The van der Waals surface area contributed by atoms with E-state index in [1.807, 2.05) is 0 Å². The molecule has 0 spiro atoms. The summed E-state index contributed by atoms with van der Waals surface area (Å²) >= 11 is 0. The summed E-state index contributed by atoms with van der Waals surface area (Å²) in [6, 6.07) is -0.0498.